The summed E-state index contributed by atoms with van der Waals surface area (Å²) in [4.78, 5) is 0. The number of hydrogen-bond acceptors (Lipinski definition) is 4. The van der Waals surface area contributed by atoms with Crippen LogP contribution in [0, 0.1) is 5.41 Å². The van der Waals surface area contributed by atoms with Crippen LogP contribution in [0.4, 0.5) is 0 Å². The molecule has 19 heavy (non-hydrogen) atoms. The van der Waals surface area contributed by atoms with Crippen molar-refractivity contribution in [3.05, 3.63) is 0 Å². The highest BCUT2D eigenvalue weighted by molar-refractivity contribution is 4.90. The molecule has 4 nitrogen and oxygen atoms in total. The Hall–Kier alpha value is -0.160. The summed E-state index contributed by atoms with van der Waals surface area (Å²) in [5.74, 6) is 0. The van der Waals surface area contributed by atoms with Crippen molar-refractivity contribution in [3.63, 3.8) is 0 Å². The smallest absolute Gasteiger partial charge is 0.0701 e. The zero-order valence-corrected chi connectivity index (χ0v) is 12.7. The van der Waals surface area contributed by atoms with Crippen LogP contribution in [0.15, 0.2) is 0 Å². The van der Waals surface area contributed by atoms with Crippen molar-refractivity contribution in [2.45, 2.75) is 39.5 Å². The third-order valence-electron chi connectivity index (χ3n) is 3.91. The molecule has 1 aliphatic heterocycles. The van der Waals surface area contributed by atoms with Crippen molar-refractivity contribution in [2.75, 3.05) is 52.7 Å². The fourth-order valence-corrected chi connectivity index (χ4v) is 2.16. The SMILES string of the molecule is CCCCOCCOCCOCCC1(CC)CNC1. The topological polar surface area (TPSA) is 39.7 Å². The van der Waals surface area contributed by atoms with Gasteiger partial charge in [-0.2, -0.15) is 0 Å². The molecule has 1 N–H and O–H groups in total. The van der Waals surface area contributed by atoms with Crippen molar-refractivity contribution >= 4 is 0 Å². The Labute approximate surface area is 118 Å². The van der Waals surface area contributed by atoms with Gasteiger partial charge in [0.1, 0.15) is 0 Å². The van der Waals surface area contributed by atoms with Crippen LogP contribution in [0.2, 0.25) is 0 Å². The first-order valence-corrected chi connectivity index (χ1v) is 7.77. The Balaban J connectivity index is 1.76. The molecular weight excluding hydrogens is 242 g/mol. The highest BCUT2D eigenvalue weighted by atomic mass is 16.5. The van der Waals surface area contributed by atoms with E-state index in [9.17, 15) is 0 Å². The molecule has 0 bridgehead atoms. The van der Waals surface area contributed by atoms with Gasteiger partial charge in [-0.1, -0.05) is 20.3 Å². The summed E-state index contributed by atoms with van der Waals surface area (Å²) < 4.78 is 16.5. The lowest BCUT2D eigenvalue weighted by molar-refractivity contribution is 0.00291. The average Bonchev–Trinajstić information content (AvgIpc) is 2.38. The molecule has 0 saturated carbocycles. The molecule has 1 aliphatic rings. The van der Waals surface area contributed by atoms with E-state index in [1.54, 1.807) is 0 Å². The van der Waals surface area contributed by atoms with Crippen molar-refractivity contribution in [3.8, 4) is 0 Å². The third-order valence-corrected chi connectivity index (χ3v) is 3.91. The predicted octanol–water partition coefficient (Wildman–Crippen LogP) is 2.23. The Morgan fingerprint density at radius 1 is 0.842 bits per heavy atom. The molecule has 1 fully saturated rings. The van der Waals surface area contributed by atoms with Gasteiger partial charge in [-0.25, -0.2) is 0 Å². The molecule has 0 atom stereocenters. The molecule has 114 valence electrons. The van der Waals surface area contributed by atoms with Gasteiger partial charge in [-0.15, -0.1) is 0 Å². The molecule has 1 heterocycles. The van der Waals surface area contributed by atoms with Gasteiger partial charge in [0, 0.05) is 26.3 Å². The Morgan fingerprint density at radius 3 is 1.89 bits per heavy atom. The number of unbranched alkanes of at least 4 members (excludes halogenated alkanes) is 1. The summed E-state index contributed by atoms with van der Waals surface area (Å²) in [6.45, 7) is 11.2. The number of hydrogen-bond donors (Lipinski definition) is 1. The predicted molar refractivity (Wildman–Crippen MR) is 77.6 cm³/mol. The van der Waals surface area contributed by atoms with Gasteiger partial charge in [0.15, 0.2) is 0 Å². The molecule has 4 heteroatoms. The Morgan fingerprint density at radius 2 is 1.42 bits per heavy atom. The molecule has 1 rings (SSSR count). The minimum Gasteiger partial charge on any atom is -0.379 e. The van der Waals surface area contributed by atoms with Crippen LogP contribution in [0.5, 0.6) is 0 Å². The molecule has 0 spiro atoms. The lowest BCUT2D eigenvalue weighted by atomic mass is 9.76. The maximum atomic E-state index is 5.62. The first kappa shape index (κ1) is 16.9. The molecule has 0 unspecified atom stereocenters. The van der Waals surface area contributed by atoms with Gasteiger partial charge < -0.3 is 19.5 Å². The zero-order chi connectivity index (χ0) is 13.8. The van der Waals surface area contributed by atoms with Gasteiger partial charge >= 0.3 is 0 Å². The summed E-state index contributed by atoms with van der Waals surface area (Å²) in [5, 5.41) is 3.35. The Bertz CT molecular complexity index is 202. The number of ether oxygens (including phenoxy) is 3. The van der Waals surface area contributed by atoms with Crippen LogP contribution < -0.4 is 5.32 Å². The van der Waals surface area contributed by atoms with E-state index < -0.39 is 0 Å². The molecule has 0 amide bonds. The van der Waals surface area contributed by atoms with Crippen LogP contribution in [-0.2, 0) is 14.2 Å². The van der Waals surface area contributed by atoms with Crippen LogP contribution in [0.25, 0.3) is 0 Å². The largest absolute Gasteiger partial charge is 0.379 e. The lowest BCUT2D eigenvalue weighted by Gasteiger charge is -2.42. The van der Waals surface area contributed by atoms with Crippen molar-refractivity contribution in [1.82, 2.24) is 5.32 Å². The minimum atomic E-state index is 0.508. The van der Waals surface area contributed by atoms with Gasteiger partial charge in [-0.05, 0) is 24.7 Å². The summed E-state index contributed by atoms with van der Waals surface area (Å²) >= 11 is 0. The van der Waals surface area contributed by atoms with Gasteiger partial charge in [-0.3, -0.25) is 0 Å². The van der Waals surface area contributed by atoms with Gasteiger partial charge in [0.25, 0.3) is 0 Å². The monoisotopic (exact) mass is 273 g/mol. The highest BCUT2D eigenvalue weighted by Crippen LogP contribution is 2.30. The molecule has 0 aliphatic carbocycles. The fraction of sp³-hybridized carbons (Fsp3) is 1.00. The van der Waals surface area contributed by atoms with Crippen LogP contribution >= 0.6 is 0 Å². The van der Waals surface area contributed by atoms with E-state index in [4.69, 9.17) is 14.2 Å². The quantitative estimate of drug-likeness (QED) is 0.522. The molecule has 0 aromatic carbocycles. The normalized spacial score (nSPS) is 17.4. The summed E-state index contributed by atoms with van der Waals surface area (Å²) in [5.41, 5.74) is 0.508. The maximum Gasteiger partial charge on any atom is 0.0701 e. The zero-order valence-electron chi connectivity index (χ0n) is 12.7. The molecule has 1 saturated heterocycles. The van der Waals surface area contributed by atoms with Crippen molar-refractivity contribution in [1.29, 1.82) is 0 Å². The van der Waals surface area contributed by atoms with E-state index in [1.807, 2.05) is 0 Å². The summed E-state index contributed by atoms with van der Waals surface area (Å²) in [6, 6.07) is 0. The second kappa shape index (κ2) is 10.6. The van der Waals surface area contributed by atoms with E-state index in [1.165, 1.54) is 12.8 Å². The third kappa shape index (κ3) is 7.25. The summed E-state index contributed by atoms with van der Waals surface area (Å²) in [7, 11) is 0. The molecule has 0 radical (unpaired) electrons. The second-order valence-electron chi connectivity index (χ2n) is 5.40. The van der Waals surface area contributed by atoms with Crippen LogP contribution in [-0.4, -0.2) is 52.7 Å². The van der Waals surface area contributed by atoms with E-state index in [0.29, 0.717) is 31.8 Å². The van der Waals surface area contributed by atoms with E-state index in [2.05, 4.69) is 19.2 Å². The van der Waals surface area contributed by atoms with E-state index in [0.717, 1.165) is 39.1 Å². The van der Waals surface area contributed by atoms with Gasteiger partial charge in [0.05, 0.1) is 26.4 Å². The standard InChI is InChI=1S/C15H31NO3/c1-3-5-7-17-9-11-19-12-10-18-8-6-15(4-2)13-16-14-15/h16H,3-14H2,1-2H3. The lowest BCUT2D eigenvalue weighted by Crippen LogP contribution is -2.53. The maximum absolute atomic E-state index is 5.62. The first-order chi connectivity index (χ1) is 9.33. The van der Waals surface area contributed by atoms with E-state index >= 15 is 0 Å². The second-order valence-corrected chi connectivity index (χ2v) is 5.40. The van der Waals surface area contributed by atoms with Crippen LogP contribution in [0.1, 0.15) is 39.5 Å². The molecule has 0 aromatic rings. The van der Waals surface area contributed by atoms with Gasteiger partial charge in [0.2, 0.25) is 0 Å². The van der Waals surface area contributed by atoms with Crippen LogP contribution in [0.3, 0.4) is 0 Å². The first-order valence-electron chi connectivity index (χ1n) is 7.77. The molecular formula is C15H31NO3. The Kier molecular flexibility index (Phi) is 9.43. The highest BCUT2D eigenvalue weighted by Gasteiger charge is 2.34. The van der Waals surface area contributed by atoms with Crippen molar-refractivity contribution < 1.29 is 14.2 Å². The van der Waals surface area contributed by atoms with E-state index in [-0.39, 0.29) is 0 Å². The van der Waals surface area contributed by atoms with Crippen molar-refractivity contribution in [2.24, 2.45) is 5.41 Å². The minimum absolute atomic E-state index is 0.508. The average molecular weight is 273 g/mol. The fourth-order valence-electron chi connectivity index (χ4n) is 2.16. The summed E-state index contributed by atoms with van der Waals surface area (Å²) in [6.07, 6.45) is 4.73. The number of nitrogens with one attached hydrogen (secondary N) is 1. The number of rotatable bonds is 13. The molecule has 0 aromatic heterocycles.